The van der Waals surface area contributed by atoms with Crippen molar-refractivity contribution in [2.75, 3.05) is 39.3 Å². The van der Waals surface area contributed by atoms with Gasteiger partial charge in [0.2, 0.25) is 0 Å². The van der Waals surface area contributed by atoms with Crippen LogP contribution in [0.15, 0.2) is 30.3 Å². The predicted molar refractivity (Wildman–Crippen MR) is 88.5 cm³/mol. The molecule has 0 aromatic heterocycles. The van der Waals surface area contributed by atoms with Crippen molar-refractivity contribution < 1.29 is 0 Å². The topological polar surface area (TPSA) is 18.5 Å². The molecular weight excluding hydrogens is 258 g/mol. The second-order valence-electron chi connectivity index (χ2n) is 6.47. The highest BCUT2D eigenvalue weighted by atomic mass is 15.3. The Balaban J connectivity index is 1.64. The van der Waals surface area contributed by atoms with E-state index < -0.39 is 0 Å². The van der Waals surface area contributed by atoms with Gasteiger partial charge in [0.15, 0.2) is 0 Å². The summed E-state index contributed by atoms with van der Waals surface area (Å²) in [5, 5.41) is 3.67. The molecule has 2 aliphatic heterocycles. The van der Waals surface area contributed by atoms with Crippen LogP contribution in [-0.4, -0.2) is 55.1 Å². The minimum absolute atomic E-state index is 0.462. The summed E-state index contributed by atoms with van der Waals surface area (Å²) in [6.45, 7) is 9.52. The third-order valence-electron chi connectivity index (χ3n) is 4.98. The van der Waals surface area contributed by atoms with Crippen LogP contribution in [-0.2, 0) is 0 Å². The first kappa shape index (κ1) is 15.0. The van der Waals surface area contributed by atoms with E-state index in [-0.39, 0.29) is 0 Å². The second-order valence-corrected chi connectivity index (χ2v) is 6.47. The number of benzene rings is 1. The summed E-state index contributed by atoms with van der Waals surface area (Å²) in [5.41, 5.74) is 1.42. The average Bonchev–Trinajstić information content (AvgIpc) is 2.86. The second kappa shape index (κ2) is 7.39. The zero-order valence-electron chi connectivity index (χ0n) is 13.3. The lowest BCUT2D eigenvalue weighted by Crippen LogP contribution is -2.40. The van der Waals surface area contributed by atoms with Crippen LogP contribution in [0.2, 0.25) is 0 Å². The molecule has 2 unspecified atom stereocenters. The Bertz CT molecular complexity index is 420. The van der Waals surface area contributed by atoms with E-state index in [9.17, 15) is 0 Å². The Kier molecular flexibility index (Phi) is 5.28. The van der Waals surface area contributed by atoms with Gasteiger partial charge in [-0.3, -0.25) is 9.80 Å². The Labute approximate surface area is 129 Å². The highest BCUT2D eigenvalue weighted by Gasteiger charge is 2.29. The van der Waals surface area contributed by atoms with Crippen LogP contribution in [0, 0.1) is 0 Å². The van der Waals surface area contributed by atoms with E-state index >= 15 is 0 Å². The van der Waals surface area contributed by atoms with Crippen molar-refractivity contribution in [1.29, 1.82) is 0 Å². The van der Waals surface area contributed by atoms with Crippen LogP contribution in [0.3, 0.4) is 0 Å². The standard InChI is InChI=1S/C18H29N3/c1-2-19-18(16-8-4-3-5-9-16)15-20-11-7-13-21-12-6-10-17(21)14-20/h3-5,8-9,17-19H,2,6-7,10-15H2,1H3. The zero-order chi connectivity index (χ0) is 14.5. The van der Waals surface area contributed by atoms with Crippen LogP contribution in [0.5, 0.6) is 0 Å². The average molecular weight is 287 g/mol. The zero-order valence-corrected chi connectivity index (χ0v) is 13.3. The van der Waals surface area contributed by atoms with Crippen LogP contribution in [0.4, 0.5) is 0 Å². The lowest BCUT2D eigenvalue weighted by atomic mass is 10.1. The molecule has 0 aliphatic carbocycles. The van der Waals surface area contributed by atoms with Gasteiger partial charge in [-0.15, -0.1) is 0 Å². The minimum Gasteiger partial charge on any atom is -0.309 e. The summed E-state index contributed by atoms with van der Waals surface area (Å²) in [6, 6.07) is 12.2. The van der Waals surface area contributed by atoms with Gasteiger partial charge in [0.05, 0.1) is 0 Å². The summed E-state index contributed by atoms with van der Waals surface area (Å²) < 4.78 is 0. The van der Waals surface area contributed by atoms with Crippen molar-refractivity contribution in [1.82, 2.24) is 15.1 Å². The molecule has 1 aromatic carbocycles. The van der Waals surface area contributed by atoms with Crippen molar-refractivity contribution in [2.45, 2.75) is 38.3 Å². The first-order valence-electron chi connectivity index (χ1n) is 8.61. The summed E-state index contributed by atoms with van der Waals surface area (Å²) in [4.78, 5) is 5.40. The Morgan fingerprint density at radius 1 is 1.14 bits per heavy atom. The smallest absolute Gasteiger partial charge is 0.0449 e. The molecule has 0 amide bonds. The third-order valence-corrected chi connectivity index (χ3v) is 4.98. The van der Waals surface area contributed by atoms with Gasteiger partial charge in [-0.05, 0) is 51.0 Å². The number of likely N-dealkylation sites (N-methyl/N-ethyl adjacent to an activating group) is 1. The van der Waals surface area contributed by atoms with Crippen LogP contribution in [0.25, 0.3) is 0 Å². The van der Waals surface area contributed by atoms with E-state index in [1.807, 2.05) is 0 Å². The maximum Gasteiger partial charge on any atom is 0.0449 e. The van der Waals surface area contributed by atoms with Crippen LogP contribution >= 0.6 is 0 Å². The highest BCUT2D eigenvalue weighted by Crippen LogP contribution is 2.23. The first-order valence-corrected chi connectivity index (χ1v) is 8.61. The van der Waals surface area contributed by atoms with Crippen molar-refractivity contribution >= 4 is 0 Å². The Morgan fingerprint density at radius 2 is 1.95 bits per heavy atom. The molecule has 116 valence electrons. The van der Waals surface area contributed by atoms with Gasteiger partial charge in [-0.1, -0.05) is 37.3 Å². The molecule has 0 bridgehead atoms. The molecule has 2 heterocycles. The molecule has 2 saturated heterocycles. The van der Waals surface area contributed by atoms with Crippen molar-refractivity contribution in [3.05, 3.63) is 35.9 Å². The fourth-order valence-electron chi connectivity index (χ4n) is 3.93. The molecule has 2 fully saturated rings. The van der Waals surface area contributed by atoms with E-state index in [1.165, 1.54) is 51.0 Å². The number of nitrogens with zero attached hydrogens (tertiary/aromatic N) is 2. The molecule has 21 heavy (non-hydrogen) atoms. The molecule has 1 aromatic rings. The van der Waals surface area contributed by atoms with Gasteiger partial charge >= 0.3 is 0 Å². The van der Waals surface area contributed by atoms with Crippen molar-refractivity contribution in [3.8, 4) is 0 Å². The molecule has 2 atom stereocenters. The molecule has 0 radical (unpaired) electrons. The molecule has 0 saturated carbocycles. The van der Waals surface area contributed by atoms with E-state index in [0.29, 0.717) is 6.04 Å². The normalized spacial score (nSPS) is 25.5. The Morgan fingerprint density at radius 3 is 2.76 bits per heavy atom. The minimum atomic E-state index is 0.462. The largest absolute Gasteiger partial charge is 0.309 e. The third kappa shape index (κ3) is 3.85. The summed E-state index contributed by atoms with van der Waals surface area (Å²) in [7, 11) is 0. The molecule has 1 N–H and O–H groups in total. The monoisotopic (exact) mass is 287 g/mol. The van der Waals surface area contributed by atoms with Crippen molar-refractivity contribution in [3.63, 3.8) is 0 Å². The van der Waals surface area contributed by atoms with Crippen LogP contribution in [0.1, 0.15) is 37.8 Å². The van der Waals surface area contributed by atoms with Crippen molar-refractivity contribution in [2.24, 2.45) is 0 Å². The highest BCUT2D eigenvalue weighted by molar-refractivity contribution is 5.19. The maximum atomic E-state index is 3.67. The molecule has 3 nitrogen and oxygen atoms in total. The SMILES string of the molecule is CCNC(CN1CCCN2CCCC2C1)c1ccccc1. The maximum absolute atomic E-state index is 3.67. The fourth-order valence-corrected chi connectivity index (χ4v) is 3.93. The van der Waals surface area contributed by atoms with Gasteiger partial charge in [0.25, 0.3) is 0 Å². The lowest BCUT2D eigenvalue weighted by molar-refractivity contribution is 0.206. The predicted octanol–water partition coefficient (Wildman–Crippen LogP) is 2.51. The van der Waals surface area contributed by atoms with E-state index in [0.717, 1.165) is 19.1 Å². The van der Waals surface area contributed by atoms with Gasteiger partial charge < -0.3 is 5.32 Å². The quantitative estimate of drug-likeness (QED) is 0.898. The Hall–Kier alpha value is -0.900. The van der Waals surface area contributed by atoms with E-state index in [4.69, 9.17) is 0 Å². The number of hydrogen-bond donors (Lipinski definition) is 1. The summed E-state index contributed by atoms with van der Waals surface area (Å²) in [5.74, 6) is 0. The van der Waals surface area contributed by atoms with Gasteiger partial charge in [0, 0.05) is 25.2 Å². The number of rotatable bonds is 5. The van der Waals surface area contributed by atoms with Gasteiger partial charge in [-0.25, -0.2) is 0 Å². The molecule has 3 rings (SSSR count). The molecule has 2 aliphatic rings. The molecule has 3 heteroatoms. The van der Waals surface area contributed by atoms with Gasteiger partial charge in [-0.2, -0.15) is 0 Å². The van der Waals surface area contributed by atoms with E-state index in [1.54, 1.807) is 0 Å². The lowest BCUT2D eigenvalue weighted by Gasteiger charge is -2.29. The summed E-state index contributed by atoms with van der Waals surface area (Å²) in [6.07, 6.45) is 4.12. The first-order chi connectivity index (χ1) is 10.4. The van der Waals surface area contributed by atoms with E-state index in [2.05, 4.69) is 52.4 Å². The molecular formula is C18H29N3. The number of hydrogen-bond acceptors (Lipinski definition) is 3. The van der Waals surface area contributed by atoms with Gasteiger partial charge in [0.1, 0.15) is 0 Å². The number of fused-ring (bicyclic) bond motifs is 1. The fraction of sp³-hybridized carbons (Fsp3) is 0.667. The summed E-state index contributed by atoms with van der Waals surface area (Å²) >= 11 is 0. The van der Waals surface area contributed by atoms with Crippen LogP contribution < -0.4 is 5.32 Å². The number of nitrogens with one attached hydrogen (secondary N) is 1. The molecule has 0 spiro atoms.